The summed E-state index contributed by atoms with van der Waals surface area (Å²) in [5.41, 5.74) is 14.0. The molecule has 0 aliphatic carbocycles. The minimum absolute atomic E-state index is 0.0537. The number of benzene rings is 5. The lowest BCUT2D eigenvalue weighted by Crippen LogP contribution is -2.11. The molecule has 2 heteroatoms. The molecule has 0 spiro atoms. The minimum Gasteiger partial charge on any atom is -0.256 e. The van der Waals surface area contributed by atoms with E-state index in [1.165, 1.54) is 44.3 Å². The zero-order valence-electron chi connectivity index (χ0n) is 26.3. The van der Waals surface area contributed by atoms with Gasteiger partial charge in [-0.2, -0.15) is 0 Å². The molecule has 218 valence electrons. The third kappa shape index (κ3) is 5.56. The number of pyridine rings is 2. The van der Waals surface area contributed by atoms with Gasteiger partial charge in [-0.3, -0.25) is 9.97 Å². The maximum absolute atomic E-state index is 5.00. The minimum atomic E-state index is 0.0537. The van der Waals surface area contributed by atoms with Crippen molar-refractivity contribution in [2.75, 3.05) is 0 Å². The van der Waals surface area contributed by atoms with E-state index in [0.29, 0.717) is 0 Å². The van der Waals surface area contributed by atoms with Crippen molar-refractivity contribution in [3.63, 3.8) is 0 Å². The molecule has 0 radical (unpaired) electrons. The van der Waals surface area contributed by atoms with Crippen molar-refractivity contribution in [1.29, 1.82) is 0 Å². The van der Waals surface area contributed by atoms with Crippen molar-refractivity contribution in [1.82, 2.24) is 9.97 Å². The van der Waals surface area contributed by atoms with E-state index in [1.807, 2.05) is 12.3 Å². The van der Waals surface area contributed by atoms with Crippen LogP contribution in [0.25, 0.3) is 66.7 Å². The summed E-state index contributed by atoms with van der Waals surface area (Å²) in [6, 6.07) is 47.6. The Morgan fingerprint density at radius 1 is 0.444 bits per heavy atom. The molecule has 0 unspecified atom stereocenters. The maximum atomic E-state index is 5.00. The van der Waals surface area contributed by atoms with Crippen LogP contribution in [-0.4, -0.2) is 9.97 Å². The van der Waals surface area contributed by atoms with E-state index in [-0.39, 0.29) is 5.41 Å². The van der Waals surface area contributed by atoms with Crippen molar-refractivity contribution in [2.24, 2.45) is 0 Å². The predicted molar refractivity (Wildman–Crippen MR) is 190 cm³/mol. The Kier molecular flexibility index (Phi) is 7.35. The largest absolute Gasteiger partial charge is 0.256 e. The zero-order valence-corrected chi connectivity index (χ0v) is 26.3. The van der Waals surface area contributed by atoms with Crippen LogP contribution in [0.1, 0.15) is 31.9 Å². The number of fused-ring (bicyclic) bond motifs is 1. The van der Waals surface area contributed by atoms with Crippen LogP contribution in [0.15, 0.2) is 146 Å². The van der Waals surface area contributed by atoms with Gasteiger partial charge in [0.1, 0.15) is 0 Å². The first kappa shape index (κ1) is 28.4. The van der Waals surface area contributed by atoms with Gasteiger partial charge in [0.15, 0.2) is 0 Å². The number of nitrogens with zero attached hydrogens (tertiary/aromatic N) is 2. The monoisotopic (exact) mass is 580 g/mol. The molecule has 0 saturated carbocycles. The summed E-state index contributed by atoms with van der Waals surface area (Å²) in [6.45, 7) is 8.95. The second-order valence-corrected chi connectivity index (χ2v) is 12.7. The second kappa shape index (κ2) is 11.6. The van der Waals surface area contributed by atoms with Crippen LogP contribution >= 0.6 is 0 Å². The van der Waals surface area contributed by atoms with Gasteiger partial charge in [-0.1, -0.05) is 130 Å². The van der Waals surface area contributed by atoms with Gasteiger partial charge in [0.2, 0.25) is 0 Å². The SMILES string of the molecule is Cc1c(-c2ccccc2)cccc1-c1ccc(-c2cccc(-c3cc(C(C)(C)C)ccn3)c2)c2cc(-c3ccccc3)ncc12. The molecule has 5 aromatic carbocycles. The van der Waals surface area contributed by atoms with Crippen molar-refractivity contribution in [3.8, 4) is 55.9 Å². The van der Waals surface area contributed by atoms with Gasteiger partial charge in [0, 0.05) is 28.9 Å². The molecule has 0 bridgehead atoms. The van der Waals surface area contributed by atoms with E-state index >= 15 is 0 Å². The molecule has 0 aliphatic rings. The Bertz CT molecular complexity index is 2140. The number of hydrogen-bond donors (Lipinski definition) is 0. The molecule has 2 aromatic heterocycles. The Morgan fingerprint density at radius 3 is 1.82 bits per heavy atom. The predicted octanol–water partition coefficient (Wildman–Crippen LogP) is 11.6. The van der Waals surface area contributed by atoms with Crippen LogP contribution in [0.2, 0.25) is 0 Å². The number of aromatic nitrogens is 2. The quantitative estimate of drug-likeness (QED) is 0.202. The summed E-state index contributed by atoms with van der Waals surface area (Å²) in [4.78, 5) is 9.76. The summed E-state index contributed by atoms with van der Waals surface area (Å²) < 4.78 is 0. The number of hydrogen-bond acceptors (Lipinski definition) is 2. The second-order valence-electron chi connectivity index (χ2n) is 12.7. The maximum Gasteiger partial charge on any atom is 0.0708 e. The van der Waals surface area contributed by atoms with Gasteiger partial charge in [0.25, 0.3) is 0 Å². The molecule has 0 atom stereocenters. The van der Waals surface area contributed by atoms with Crippen molar-refractivity contribution in [2.45, 2.75) is 33.1 Å². The summed E-state index contributed by atoms with van der Waals surface area (Å²) in [7, 11) is 0. The highest BCUT2D eigenvalue weighted by atomic mass is 14.7. The smallest absolute Gasteiger partial charge is 0.0708 e. The Morgan fingerprint density at radius 2 is 1.07 bits per heavy atom. The molecule has 2 heterocycles. The van der Waals surface area contributed by atoms with Gasteiger partial charge in [-0.15, -0.1) is 0 Å². The molecule has 0 amide bonds. The lowest BCUT2D eigenvalue weighted by atomic mass is 9.86. The molecule has 7 aromatic rings. The van der Waals surface area contributed by atoms with E-state index in [4.69, 9.17) is 9.97 Å². The molecule has 2 nitrogen and oxygen atoms in total. The van der Waals surface area contributed by atoms with Gasteiger partial charge in [0.05, 0.1) is 11.4 Å². The van der Waals surface area contributed by atoms with Crippen molar-refractivity contribution in [3.05, 3.63) is 157 Å². The van der Waals surface area contributed by atoms with E-state index in [9.17, 15) is 0 Å². The van der Waals surface area contributed by atoms with Crippen LogP contribution in [0, 0.1) is 6.92 Å². The highest BCUT2D eigenvalue weighted by Gasteiger charge is 2.17. The lowest BCUT2D eigenvalue weighted by Gasteiger charge is -2.19. The Balaban J connectivity index is 1.42. The Hall–Kier alpha value is -5.34. The normalized spacial score (nSPS) is 11.6. The molecule has 0 N–H and O–H groups in total. The fraction of sp³-hybridized carbons (Fsp3) is 0.116. The first-order valence-electron chi connectivity index (χ1n) is 15.6. The molecule has 0 aliphatic heterocycles. The summed E-state index contributed by atoms with van der Waals surface area (Å²) in [5.74, 6) is 0. The van der Waals surface area contributed by atoms with Crippen molar-refractivity contribution >= 4 is 10.8 Å². The third-order valence-corrected chi connectivity index (χ3v) is 8.77. The van der Waals surface area contributed by atoms with Gasteiger partial charge in [-0.25, -0.2) is 0 Å². The van der Waals surface area contributed by atoms with Gasteiger partial charge in [-0.05, 0) is 86.5 Å². The van der Waals surface area contributed by atoms with Gasteiger partial charge < -0.3 is 0 Å². The molecule has 45 heavy (non-hydrogen) atoms. The number of rotatable bonds is 5. The van der Waals surface area contributed by atoms with E-state index in [1.54, 1.807) is 0 Å². The molecule has 0 saturated heterocycles. The first-order chi connectivity index (χ1) is 21.9. The van der Waals surface area contributed by atoms with Crippen LogP contribution in [0.4, 0.5) is 0 Å². The summed E-state index contributed by atoms with van der Waals surface area (Å²) in [6.07, 6.45) is 3.99. The van der Waals surface area contributed by atoms with E-state index < -0.39 is 0 Å². The van der Waals surface area contributed by atoms with E-state index in [0.717, 1.165) is 33.5 Å². The van der Waals surface area contributed by atoms with Crippen LogP contribution in [0.5, 0.6) is 0 Å². The highest BCUT2D eigenvalue weighted by Crippen LogP contribution is 2.40. The lowest BCUT2D eigenvalue weighted by molar-refractivity contribution is 0.589. The highest BCUT2D eigenvalue weighted by molar-refractivity contribution is 6.06. The fourth-order valence-electron chi connectivity index (χ4n) is 6.25. The molecule has 7 rings (SSSR count). The molecular weight excluding hydrogens is 544 g/mol. The summed E-state index contributed by atoms with van der Waals surface area (Å²) >= 11 is 0. The van der Waals surface area contributed by atoms with Crippen molar-refractivity contribution < 1.29 is 0 Å². The van der Waals surface area contributed by atoms with Crippen LogP contribution in [0.3, 0.4) is 0 Å². The van der Waals surface area contributed by atoms with Gasteiger partial charge >= 0.3 is 0 Å². The van der Waals surface area contributed by atoms with E-state index in [2.05, 4.69) is 161 Å². The fourth-order valence-corrected chi connectivity index (χ4v) is 6.25. The average molecular weight is 581 g/mol. The van der Waals surface area contributed by atoms with Crippen LogP contribution in [-0.2, 0) is 5.41 Å². The third-order valence-electron chi connectivity index (χ3n) is 8.77. The standard InChI is InChI=1S/C43H36N2/c1-29-35(30-13-7-5-8-14-30)19-12-20-36(29)38-22-21-37(39-27-42(45-28-40(38)39)31-15-9-6-10-16-31)32-17-11-18-33(25-32)41-26-34(23-24-44-41)43(2,3)4/h5-28H,1-4H3. The Labute approximate surface area is 266 Å². The molecule has 0 fully saturated rings. The molecular formula is C43H36N2. The summed E-state index contributed by atoms with van der Waals surface area (Å²) in [5, 5.41) is 2.32. The zero-order chi connectivity index (χ0) is 31.0. The average Bonchev–Trinajstić information content (AvgIpc) is 3.08. The van der Waals surface area contributed by atoms with Crippen LogP contribution < -0.4 is 0 Å². The topological polar surface area (TPSA) is 25.8 Å². The first-order valence-corrected chi connectivity index (χ1v) is 15.6.